The van der Waals surface area contributed by atoms with Crippen LogP contribution in [0.5, 0.6) is 0 Å². The molecule has 4 heterocycles. The number of nitrogens with one attached hydrogen (secondary N) is 2. The Morgan fingerprint density at radius 2 is 2.03 bits per heavy atom. The van der Waals surface area contributed by atoms with E-state index in [1.54, 1.807) is 36.3 Å². The second kappa shape index (κ2) is 8.89. The molecule has 3 aromatic heterocycles. The summed E-state index contributed by atoms with van der Waals surface area (Å²) < 4.78 is 0. The van der Waals surface area contributed by atoms with Crippen LogP contribution < -0.4 is 15.8 Å². The smallest absolute Gasteiger partial charge is 0.269 e. The van der Waals surface area contributed by atoms with Crippen molar-refractivity contribution in [3.63, 3.8) is 0 Å². The van der Waals surface area contributed by atoms with Crippen molar-refractivity contribution < 1.29 is 15.0 Å². The van der Waals surface area contributed by atoms with Crippen LogP contribution in [0.25, 0.3) is 11.0 Å². The molecule has 10 heteroatoms. The molecule has 3 aromatic rings. The zero-order chi connectivity index (χ0) is 23.8. The van der Waals surface area contributed by atoms with E-state index in [-0.39, 0.29) is 23.1 Å². The van der Waals surface area contributed by atoms with Crippen LogP contribution in [0.3, 0.4) is 0 Å². The van der Waals surface area contributed by atoms with E-state index in [0.29, 0.717) is 48.3 Å². The number of pyridine rings is 3. The van der Waals surface area contributed by atoms with Gasteiger partial charge < -0.3 is 25.4 Å². The van der Waals surface area contributed by atoms with Gasteiger partial charge in [-0.05, 0) is 37.6 Å². The fourth-order valence-electron chi connectivity index (χ4n) is 4.23. The Hall–Kier alpha value is -3.34. The number of H-pyrrole nitrogens is 1. The molecule has 174 valence electrons. The Morgan fingerprint density at radius 1 is 1.24 bits per heavy atom. The lowest BCUT2D eigenvalue weighted by Crippen LogP contribution is -2.60. The molecule has 1 aliphatic heterocycles. The van der Waals surface area contributed by atoms with E-state index in [2.05, 4.69) is 25.2 Å². The lowest BCUT2D eigenvalue weighted by atomic mass is 10.1. The van der Waals surface area contributed by atoms with Crippen molar-refractivity contribution >= 4 is 22.6 Å². The van der Waals surface area contributed by atoms with Crippen molar-refractivity contribution in [2.45, 2.75) is 32.2 Å². The monoisotopic (exact) mass is 452 g/mol. The Balaban J connectivity index is 1.53. The molecule has 0 unspecified atom stereocenters. The van der Waals surface area contributed by atoms with E-state index in [4.69, 9.17) is 0 Å². The van der Waals surface area contributed by atoms with Crippen molar-refractivity contribution in [2.75, 3.05) is 31.6 Å². The van der Waals surface area contributed by atoms with Gasteiger partial charge in [0.1, 0.15) is 5.69 Å². The number of rotatable bonds is 5. The maximum atomic E-state index is 12.2. The summed E-state index contributed by atoms with van der Waals surface area (Å²) >= 11 is 0. The molecular formula is C23H28N6O4. The number of carbonyl (C=O) groups is 1. The lowest BCUT2D eigenvalue weighted by Gasteiger charge is -2.46. The minimum atomic E-state index is -2.26. The summed E-state index contributed by atoms with van der Waals surface area (Å²) in [5, 5.41) is 24.7. The third-order valence-corrected chi connectivity index (χ3v) is 6.14. The van der Waals surface area contributed by atoms with Crippen LogP contribution in [-0.4, -0.2) is 68.7 Å². The largest absolute Gasteiger partial charge is 0.367 e. The van der Waals surface area contributed by atoms with Gasteiger partial charge in [-0.15, -0.1) is 0 Å². The molecule has 0 bridgehead atoms. The van der Waals surface area contributed by atoms with Gasteiger partial charge in [0.25, 0.3) is 17.4 Å². The molecule has 1 amide bonds. The first-order valence-electron chi connectivity index (χ1n) is 10.9. The Morgan fingerprint density at radius 3 is 2.67 bits per heavy atom. The Kier molecular flexibility index (Phi) is 6.15. The molecule has 33 heavy (non-hydrogen) atoms. The van der Waals surface area contributed by atoms with Crippen LogP contribution in [0.2, 0.25) is 0 Å². The van der Waals surface area contributed by atoms with Crippen LogP contribution >= 0.6 is 0 Å². The first-order valence-corrected chi connectivity index (χ1v) is 10.9. The van der Waals surface area contributed by atoms with Gasteiger partial charge in [0.05, 0.1) is 22.9 Å². The summed E-state index contributed by atoms with van der Waals surface area (Å²) in [6, 6.07) is 6.56. The summed E-state index contributed by atoms with van der Waals surface area (Å²) in [5.74, 6) is -2.50. The first kappa shape index (κ1) is 22.8. The summed E-state index contributed by atoms with van der Waals surface area (Å²) in [7, 11) is 1.56. The van der Waals surface area contributed by atoms with Crippen LogP contribution in [0.15, 0.2) is 41.5 Å². The molecule has 0 saturated carbocycles. The molecule has 0 radical (unpaired) electrons. The molecule has 4 rings (SSSR count). The topological polar surface area (TPSA) is 135 Å². The van der Waals surface area contributed by atoms with E-state index < -0.39 is 5.91 Å². The van der Waals surface area contributed by atoms with E-state index in [0.717, 1.165) is 5.69 Å². The van der Waals surface area contributed by atoms with E-state index in [1.807, 2.05) is 19.9 Å². The summed E-state index contributed by atoms with van der Waals surface area (Å²) in [4.78, 5) is 38.9. The third-order valence-electron chi connectivity index (χ3n) is 6.14. The van der Waals surface area contributed by atoms with E-state index >= 15 is 0 Å². The van der Waals surface area contributed by atoms with Gasteiger partial charge in [0.15, 0.2) is 0 Å². The van der Waals surface area contributed by atoms with Crippen molar-refractivity contribution in [3.05, 3.63) is 63.8 Å². The average molecular weight is 453 g/mol. The molecule has 1 atom stereocenters. The number of fused-ring (bicyclic) bond motifs is 1. The second-order valence-corrected chi connectivity index (χ2v) is 8.24. The van der Waals surface area contributed by atoms with Gasteiger partial charge in [-0.2, -0.15) is 0 Å². The highest BCUT2D eigenvalue weighted by Crippen LogP contribution is 2.29. The highest BCUT2D eigenvalue weighted by Gasteiger charge is 2.40. The maximum Gasteiger partial charge on any atom is 0.269 e. The number of anilines is 1. The molecule has 4 N–H and O–H groups in total. The van der Waals surface area contributed by atoms with Gasteiger partial charge in [-0.3, -0.25) is 14.6 Å². The normalized spacial score (nSPS) is 17.4. The number of amides is 1. The fourth-order valence-corrected chi connectivity index (χ4v) is 4.23. The van der Waals surface area contributed by atoms with Crippen LogP contribution in [0, 0.1) is 0 Å². The number of nitrogens with zero attached hydrogens (tertiary/aromatic N) is 4. The Labute approximate surface area is 190 Å². The zero-order valence-corrected chi connectivity index (χ0v) is 18.9. The number of hydrogen-bond acceptors (Lipinski definition) is 8. The van der Waals surface area contributed by atoms with E-state index in [1.165, 1.54) is 6.20 Å². The quantitative estimate of drug-likeness (QED) is 0.412. The van der Waals surface area contributed by atoms with Crippen LogP contribution in [-0.2, 0) is 12.3 Å². The zero-order valence-electron chi connectivity index (χ0n) is 18.9. The average Bonchev–Trinajstić information content (AvgIpc) is 2.82. The minimum absolute atomic E-state index is 0.187. The molecule has 0 aliphatic carbocycles. The molecule has 1 fully saturated rings. The van der Waals surface area contributed by atoms with Gasteiger partial charge in [-0.1, -0.05) is 6.92 Å². The number of carbonyl (C=O) groups excluding carboxylic acids is 1. The van der Waals surface area contributed by atoms with Crippen molar-refractivity contribution in [3.8, 4) is 0 Å². The van der Waals surface area contributed by atoms with Crippen molar-refractivity contribution in [1.29, 1.82) is 0 Å². The molecule has 0 aromatic carbocycles. The number of aliphatic hydroxyl groups is 2. The van der Waals surface area contributed by atoms with Crippen molar-refractivity contribution in [1.82, 2.24) is 25.2 Å². The SMILES string of the molecule is CCc1cc2ncc(C(O)(O)N3CCN(c4ccc(C(=O)NC)nc4)C[C@@H]3C)cc2[nH]c1=O. The lowest BCUT2D eigenvalue weighted by molar-refractivity contribution is -0.286. The fraction of sp³-hybridized carbons (Fsp3) is 0.391. The number of hydrogen-bond donors (Lipinski definition) is 4. The summed E-state index contributed by atoms with van der Waals surface area (Å²) in [5.41, 5.74) is 2.85. The maximum absolute atomic E-state index is 12.2. The summed E-state index contributed by atoms with van der Waals surface area (Å²) in [6.45, 7) is 5.23. The van der Waals surface area contributed by atoms with Crippen LogP contribution in [0.1, 0.15) is 35.5 Å². The number of piperazine rings is 1. The number of aryl methyl sites for hydroxylation is 1. The number of aromatic nitrogens is 3. The van der Waals surface area contributed by atoms with Crippen molar-refractivity contribution in [2.24, 2.45) is 0 Å². The number of aromatic amines is 1. The standard InChI is InChI=1S/C23H28N6O4/c1-4-15-9-19-20(27-21(15)30)10-16(11-25-19)23(32,33)29-8-7-28(13-14(29)2)17-5-6-18(26-12-17)22(31)24-3/h5-6,9-12,14,32-33H,4,7-8,13H2,1-3H3,(H,24,31)(H,27,30)/t14-/m0/s1. The predicted octanol–water partition coefficient (Wildman–Crippen LogP) is 0.546. The Bertz CT molecular complexity index is 1220. The van der Waals surface area contributed by atoms with Crippen LogP contribution in [0.4, 0.5) is 5.69 Å². The third kappa shape index (κ3) is 4.32. The summed E-state index contributed by atoms with van der Waals surface area (Å²) in [6.07, 6.45) is 3.66. The van der Waals surface area contributed by atoms with E-state index in [9.17, 15) is 19.8 Å². The minimum Gasteiger partial charge on any atom is -0.367 e. The van der Waals surface area contributed by atoms with Gasteiger partial charge in [-0.25, -0.2) is 9.88 Å². The van der Waals surface area contributed by atoms with Gasteiger partial charge in [0, 0.05) is 50.0 Å². The predicted molar refractivity (Wildman–Crippen MR) is 124 cm³/mol. The highest BCUT2D eigenvalue weighted by atomic mass is 16.5. The second-order valence-electron chi connectivity index (χ2n) is 8.24. The van der Waals surface area contributed by atoms with Gasteiger partial charge in [0.2, 0.25) is 0 Å². The molecular weight excluding hydrogens is 424 g/mol. The molecule has 10 nitrogen and oxygen atoms in total. The molecule has 0 spiro atoms. The highest BCUT2D eigenvalue weighted by molar-refractivity contribution is 5.92. The first-order chi connectivity index (χ1) is 15.7. The molecule has 1 aliphatic rings. The molecule has 1 saturated heterocycles. The van der Waals surface area contributed by atoms with Gasteiger partial charge >= 0.3 is 0 Å².